The molecule has 2 fully saturated rings. The van der Waals surface area contributed by atoms with Crippen molar-refractivity contribution in [3.8, 4) is 0 Å². The fourth-order valence-corrected chi connectivity index (χ4v) is 3.98. The molecule has 2 heterocycles. The highest BCUT2D eigenvalue weighted by Crippen LogP contribution is 2.17. The van der Waals surface area contributed by atoms with Gasteiger partial charge in [0, 0.05) is 25.2 Å². The average molecular weight is 289 g/mol. The van der Waals surface area contributed by atoms with Crippen LogP contribution in [0.2, 0.25) is 0 Å². The van der Waals surface area contributed by atoms with Crippen LogP contribution in [0.1, 0.15) is 32.6 Å². The number of sulfonamides is 1. The molecule has 0 amide bonds. The summed E-state index contributed by atoms with van der Waals surface area (Å²) in [6, 6.07) is 1.12. The van der Waals surface area contributed by atoms with Gasteiger partial charge in [-0.25, -0.2) is 12.7 Å². The van der Waals surface area contributed by atoms with Crippen LogP contribution in [0, 0.1) is 0 Å². The van der Waals surface area contributed by atoms with Crippen LogP contribution in [0.15, 0.2) is 0 Å². The summed E-state index contributed by atoms with van der Waals surface area (Å²) in [4.78, 5) is 2.49. The quantitative estimate of drug-likeness (QED) is 0.818. The van der Waals surface area contributed by atoms with Gasteiger partial charge in [0.1, 0.15) is 0 Å². The first kappa shape index (κ1) is 15.2. The Labute approximate surface area is 117 Å². The fourth-order valence-electron chi connectivity index (χ4n) is 3.10. The Morgan fingerprint density at radius 3 is 1.89 bits per heavy atom. The SMILES string of the molecule is CCN1CCC(NC2CCN(S(C)(=O)=O)CC2)CC1. The van der Waals surface area contributed by atoms with E-state index in [1.807, 2.05) is 0 Å². The molecule has 112 valence electrons. The molecule has 6 heteroatoms. The van der Waals surface area contributed by atoms with E-state index < -0.39 is 10.0 Å². The number of hydrogen-bond donors (Lipinski definition) is 1. The zero-order valence-electron chi connectivity index (χ0n) is 12.1. The Morgan fingerprint density at radius 1 is 1.00 bits per heavy atom. The summed E-state index contributed by atoms with van der Waals surface area (Å²) in [6.45, 7) is 7.09. The summed E-state index contributed by atoms with van der Waals surface area (Å²) in [6.07, 6.45) is 5.64. The van der Waals surface area contributed by atoms with Crippen molar-refractivity contribution < 1.29 is 8.42 Å². The Balaban J connectivity index is 1.72. The molecule has 2 rings (SSSR count). The van der Waals surface area contributed by atoms with E-state index in [2.05, 4.69) is 17.1 Å². The predicted octanol–water partition coefficient (Wildman–Crippen LogP) is 0.484. The van der Waals surface area contributed by atoms with E-state index in [4.69, 9.17) is 0 Å². The minimum atomic E-state index is -2.99. The van der Waals surface area contributed by atoms with E-state index in [0.717, 1.165) is 19.4 Å². The molecule has 0 bridgehead atoms. The molecule has 2 aliphatic heterocycles. The molecular formula is C13H27N3O2S. The number of likely N-dealkylation sites (tertiary alicyclic amines) is 1. The van der Waals surface area contributed by atoms with Gasteiger partial charge >= 0.3 is 0 Å². The van der Waals surface area contributed by atoms with Gasteiger partial charge in [-0.1, -0.05) is 6.92 Å². The lowest BCUT2D eigenvalue weighted by Gasteiger charge is -2.37. The summed E-state index contributed by atoms with van der Waals surface area (Å²) in [7, 11) is -2.99. The molecule has 0 aliphatic carbocycles. The van der Waals surface area contributed by atoms with Crippen molar-refractivity contribution in [3.63, 3.8) is 0 Å². The third-order valence-corrected chi connectivity index (χ3v) is 5.73. The van der Waals surface area contributed by atoms with Gasteiger partial charge in [-0.3, -0.25) is 0 Å². The van der Waals surface area contributed by atoms with Crippen molar-refractivity contribution in [1.82, 2.24) is 14.5 Å². The van der Waals surface area contributed by atoms with E-state index in [0.29, 0.717) is 25.2 Å². The molecule has 0 unspecified atom stereocenters. The van der Waals surface area contributed by atoms with Gasteiger partial charge in [-0.15, -0.1) is 0 Å². The first-order valence-electron chi connectivity index (χ1n) is 7.42. The minimum Gasteiger partial charge on any atom is -0.311 e. The highest BCUT2D eigenvalue weighted by molar-refractivity contribution is 7.88. The standard InChI is InChI=1S/C13H27N3O2S/c1-3-15-8-4-12(5-9-15)14-13-6-10-16(11-7-13)19(2,17)18/h12-14H,3-11H2,1-2H3. The van der Waals surface area contributed by atoms with Crippen molar-refractivity contribution in [2.75, 3.05) is 39.0 Å². The maximum atomic E-state index is 11.5. The molecule has 1 N–H and O–H groups in total. The van der Waals surface area contributed by atoms with Crippen LogP contribution in [-0.4, -0.2) is 68.7 Å². The summed E-state index contributed by atoms with van der Waals surface area (Å²) >= 11 is 0. The van der Waals surface area contributed by atoms with Crippen molar-refractivity contribution in [1.29, 1.82) is 0 Å². The van der Waals surface area contributed by atoms with E-state index >= 15 is 0 Å². The van der Waals surface area contributed by atoms with E-state index in [-0.39, 0.29) is 0 Å². The number of piperidine rings is 2. The molecule has 2 saturated heterocycles. The molecule has 19 heavy (non-hydrogen) atoms. The third-order valence-electron chi connectivity index (χ3n) is 4.43. The summed E-state index contributed by atoms with van der Waals surface area (Å²) in [5.41, 5.74) is 0. The van der Waals surface area contributed by atoms with Crippen LogP contribution in [0.3, 0.4) is 0 Å². The van der Waals surface area contributed by atoms with Crippen molar-refractivity contribution in [3.05, 3.63) is 0 Å². The monoisotopic (exact) mass is 289 g/mol. The zero-order chi connectivity index (χ0) is 13.9. The topological polar surface area (TPSA) is 52.6 Å². The Bertz CT molecular complexity index is 369. The number of nitrogens with one attached hydrogen (secondary N) is 1. The molecule has 0 radical (unpaired) electrons. The smallest absolute Gasteiger partial charge is 0.211 e. The van der Waals surface area contributed by atoms with Crippen LogP contribution < -0.4 is 5.32 Å². The van der Waals surface area contributed by atoms with Gasteiger partial charge in [-0.2, -0.15) is 0 Å². The van der Waals surface area contributed by atoms with Gasteiger partial charge in [-0.05, 0) is 45.3 Å². The van der Waals surface area contributed by atoms with E-state index in [9.17, 15) is 8.42 Å². The van der Waals surface area contributed by atoms with Gasteiger partial charge in [0.05, 0.1) is 6.26 Å². The molecule has 0 aromatic carbocycles. The van der Waals surface area contributed by atoms with Crippen LogP contribution in [0.4, 0.5) is 0 Å². The highest BCUT2D eigenvalue weighted by Gasteiger charge is 2.27. The van der Waals surface area contributed by atoms with E-state index in [1.165, 1.54) is 32.2 Å². The number of hydrogen-bond acceptors (Lipinski definition) is 4. The van der Waals surface area contributed by atoms with Gasteiger partial charge < -0.3 is 10.2 Å². The lowest BCUT2D eigenvalue weighted by atomic mass is 10.0. The molecule has 2 aliphatic rings. The van der Waals surface area contributed by atoms with Crippen molar-refractivity contribution in [2.24, 2.45) is 0 Å². The maximum Gasteiger partial charge on any atom is 0.211 e. The van der Waals surface area contributed by atoms with Gasteiger partial charge in [0.2, 0.25) is 10.0 Å². The molecule has 0 spiro atoms. The number of rotatable bonds is 4. The molecule has 0 saturated carbocycles. The van der Waals surface area contributed by atoms with Crippen LogP contribution >= 0.6 is 0 Å². The normalized spacial score (nSPS) is 25.8. The second-order valence-electron chi connectivity index (χ2n) is 5.81. The number of nitrogens with zero attached hydrogens (tertiary/aromatic N) is 2. The lowest BCUT2D eigenvalue weighted by Crippen LogP contribution is -2.50. The Morgan fingerprint density at radius 2 is 1.47 bits per heavy atom. The maximum absolute atomic E-state index is 11.5. The van der Waals surface area contributed by atoms with Gasteiger partial charge in [0.25, 0.3) is 0 Å². The summed E-state index contributed by atoms with van der Waals surface area (Å²) in [5.74, 6) is 0. The van der Waals surface area contributed by atoms with Crippen molar-refractivity contribution >= 4 is 10.0 Å². The highest BCUT2D eigenvalue weighted by atomic mass is 32.2. The molecule has 0 aromatic heterocycles. The summed E-state index contributed by atoms with van der Waals surface area (Å²) in [5, 5.41) is 3.73. The average Bonchev–Trinajstić information content (AvgIpc) is 2.39. The molecular weight excluding hydrogens is 262 g/mol. The summed E-state index contributed by atoms with van der Waals surface area (Å²) < 4.78 is 24.5. The first-order chi connectivity index (χ1) is 8.99. The second-order valence-corrected chi connectivity index (χ2v) is 7.79. The first-order valence-corrected chi connectivity index (χ1v) is 9.27. The third kappa shape index (κ3) is 4.41. The molecule has 0 atom stereocenters. The fraction of sp³-hybridized carbons (Fsp3) is 1.00. The molecule has 0 aromatic rings. The van der Waals surface area contributed by atoms with Crippen LogP contribution in [0.25, 0.3) is 0 Å². The largest absolute Gasteiger partial charge is 0.311 e. The minimum absolute atomic E-state index is 0.496. The van der Waals surface area contributed by atoms with Crippen LogP contribution in [0.5, 0.6) is 0 Å². The Hall–Kier alpha value is -0.170. The van der Waals surface area contributed by atoms with Crippen molar-refractivity contribution in [2.45, 2.75) is 44.7 Å². The van der Waals surface area contributed by atoms with Gasteiger partial charge in [0.15, 0.2) is 0 Å². The molecule has 5 nitrogen and oxygen atoms in total. The van der Waals surface area contributed by atoms with E-state index in [1.54, 1.807) is 4.31 Å². The lowest BCUT2D eigenvalue weighted by molar-refractivity contribution is 0.185. The van der Waals surface area contributed by atoms with Crippen LogP contribution in [-0.2, 0) is 10.0 Å². The Kier molecular flexibility index (Phi) is 5.22. The zero-order valence-corrected chi connectivity index (χ0v) is 13.0. The predicted molar refractivity (Wildman–Crippen MR) is 77.7 cm³/mol. The second kappa shape index (κ2) is 6.52.